The number of anilines is 1. The maximum atomic E-state index is 12.8. The van der Waals surface area contributed by atoms with Gasteiger partial charge in [-0.2, -0.15) is 0 Å². The van der Waals surface area contributed by atoms with E-state index < -0.39 is 0 Å². The third kappa shape index (κ3) is 5.53. The van der Waals surface area contributed by atoms with E-state index in [-0.39, 0.29) is 31.2 Å². The van der Waals surface area contributed by atoms with Crippen molar-refractivity contribution in [2.45, 2.75) is 19.7 Å². The lowest BCUT2D eigenvalue weighted by Gasteiger charge is -2.29. The first-order chi connectivity index (χ1) is 15.1. The zero-order valence-electron chi connectivity index (χ0n) is 18.1. The number of amides is 1. The molecule has 0 radical (unpaired) electrons. The molecular weight excluding hydrogens is 404 g/mol. The minimum Gasteiger partial charge on any atom is -0.493 e. The van der Waals surface area contributed by atoms with Gasteiger partial charge in [0, 0.05) is 38.4 Å². The van der Waals surface area contributed by atoms with Gasteiger partial charge in [-0.3, -0.25) is 14.2 Å². The van der Waals surface area contributed by atoms with Gasteiger partial charge in [0.2, 0.25) is 11.9 Å². The first-order valence-electron chi connectivity index (χ1n) is 9.96. The zero-order valence-corrected chi connectivity index (χ0v) is 18.1. The van der Waals surface area contributed by atoms with Crippen LogP contribution < -0.4 is 25.2 Å². The largest absolute Gasteiger partial charge is 0.493 e. The second-order valence-electron chi connectivity index (χ2n) is 6.93. The molecule has 0 bridgehead atoms. The highest BCUT2D eigenvalue weighted by Crippen LogP contribution is 2.30. The van der Waals surface area contributed by atoms with E-state index in [0.29, 0.717) is 49.4 Å². The van der Waals surface area contributed by atoms with Crippen molar-refractivity contribution in [1.82, 2.24) is 14.9 Å². The summed E-state index contributed by atoms with van der Waals surface area (Å²) in [4.78, 5) is 32.0. The fraction of sp³-hybridized carbons (Fsp3) is 0.476. The van der Waals surface area contributed by atoms with Crippen LogP contribution in [0, 0.1) is 0 Å². The predicted molar refractivity (Wildman–Crippen MR) is 114 cm³/mol. The van der Waals surface area contributed by atoms with Crippen LogP contribution in [0.2, 0.25) is 0 Å². The van der Waals surface area contributed by atoms with Crippen LogP contribution in [0.25, 0.3) is 0 Å². The van der Waals surface area contributed by atoms with Crippen molar-refractivity contribution >= 4 is 11.9 Å². The molecule has 1 aromatic carbocycles. The minimum absolute atomic E-state index is 0.155. The molecular formula is C21H28N4O6. The Kier molecular flexibility index (Phi) is 7.85. The molecule has 10 heteroatoms. The Hall–Kier alpha value is -3.11. The Morgan fingerprint density at radius 1 is 1.19 bits per heavy atom. The maximum Gasteiger partial charge on any atom is 0.255 e. The molecule has 1 saturated heterocycles. The lowest BCUT2D eigenvalue weighted by Crippen LogP contribution is -2.42. The number of para-hydroxylation sites is 1. The molecule has 1 aliphatic heterocycles. The highest BCUT2D eigenvalue weighted by molar-refractivity contribution is 5.76. The van der Waals surface area contributed by atoms with Crippen molar-refractivity contribution in [2.24, 2.45) is 0 Å². The molecule has 0 aliphatic carbocycles. The molecule has 3 rings (SSSR count). The third-order valence-corrected chi connectivity index (χ3v) is 4.89. The highest BCUT2D eigenvalue weighted by atomic mass is 16.5. The van der Waals surface area contributed by atoms with Gasteiger partial charge in [0.15, 0.2) is 11.5 Å². The summed E-state index contributed by atoms with van der Waals surface area (Å²) in [7, 11) is 4.65. The van der Waals surface area contributed by atoms with E-state index in [9.17, 15) is 9.59 Å². The van der Waals surface area contributed by atoms with Crippen LogP contribution >= 0.6 is 0 Å². The Labute approximate surface area is 180 Å². The van der Waals surface area contributed by atoms with Crippen LogP contribution in [0.15, 0.2) is 29.1 Å². The van der Waals surface area contributed by atoms with Gasteiger partial charge in [-0.25, -0.2) is 4.98 Å². The molecule has 0 saturated carbocycles. The Morgan fingerprint density at radius 3 is 2.65 bits per heavy atom. The summed E-state index contributed by atoms with van der Waals surface area (Å²) in [6.45, 7) is 2.54. The van der Waals surface area contributed by atoms with Gasteiger partial charge in [-0.15, -0.1) is 0 Å². The number of carbonyl (C=O) groups excluding carboxylic acids is 1. The summed E-state index contributed by atoms with van der Waals surface area (Å²) in [6.07, 6.45) is 0. The monoisotopic (exact) mass is 432 g/mol. The summed E-state index contributed by atoms with van der Waals surface area (Å²) in [5.41, 5.74) is 0.980. The van der Waals surface area contributed by atoms with Crippen molar-refractivity contribution in [3.05, 3.63) is 45.9 Å². The number of morpholine rings is 1. The van der Waals surface area contributed by atoms with Crippen LogP contribution in [0.5, 0.6) is 11.5 Å². The van der Waals surface area contributed by atoms with Crippen LogP contribution in [0.1, 0.15) is 11.3 Å². The lowest BCUT2D eigenvalue weighted by atomic mass is 10.2. The molecule has 0 unspecified atom stereocenters. The van der Waals surface area contributed by atoms with Crippen LogP contribution in [0.4, 0.5) is 5.95 Å². The molecule has 1 fully saturated rings. The number of aromatic nitrogens is 2. The van der Waals surface area contributed by atoms with Gasteiger partial charge in [0.05, 0.1) is 39.7 Å². The Morgan fingerprint density at radius 2 is 1.97 bits per heavy atom. The number of ether oxygens (including phenoxy) is 4. The van der Waals surface area contributed by atoms with Crippen molar-refractivity contribution in [2.75, 3.05) is 52.5 Å². The van der Waals surface area contributed by atoms with E-state index in [1.54, 1.807) is 27.4 Å². The van der Waals surface area contributed by atoms with E-state index >= 15 is 0 Å². The average molecular weight is 432 g/mol. The van der Waals surface area contributed by atoms with E-state index in [1.807, 2.05) is 17.0 Å². The first-order valence-corrected chi connectivity index (χ1v) is 9.96. The second kappa shape index (κ2) is 10.8. The van der Waals surface area contributed by atoms with Crippen molar-refractivity contribution in [3.63, 3.8) is 0 Å². The standard InChI is InChI=1S/C21H28N4O6/c1-28-14-16-11-19(27)25(21(23-16)24-7-9-31-10-8-24)13-18(26)22-12-15-5-4-6-17(29-2)20(15)30-3/h4-6,11H,7-10,12-14H2,1-3H3,(H,22,26). The van der Waals surface area contributed by atoms with E-state index in [2.05, 4.69) is 10.3 Å². The van der Waals surface area contributed by atoms with Gasteiger partial charge in [0.1, 0.15) is 6.54 Å². The Bertz CT molecular complexity index is 955. The molecule has 0 atom stereocenters. The van der Waals surface area contributed by atoms with Crippen LogP contribution in [0.3, 0.4) is 0 Å². The quantitative estimate of drug-likeness (QED) is 0.613. The summed E-state index contributed by atoms with van der Waals surface area (Å²) in [5.74, 6) is 1.26. The van der Waals surface area contributed by atoms with E-state index in [4.69, 9.17) is 18.9 Å². The minimum atomic E-state index is -0.317. The third-order valence-electron chi connectivity index (χ3n) is 4.89. The van der Waals surface area contributed by atoms with Gasteiger partial charge < -0.3 is 29.2 Å². The molecule has 0 spiro atoms. The van der Waals surface area contributed by atoms with E-state index in [0.717, 1.165) is 5.56 Å². The molecule has 1 aliphatic rings. The number of nitrogens with zero attached hydrogens (tertiary/aromatic N) is 3. The van der Waals surface area contributed by atoms with Crippen molar-refractivity contribution in [3.8, 4) is 11.5 Å². The normalized spacial score (nSPS) is 13.7. The van der Waals surface area contributed by atoms with Gasteiger partial charge in [-0.05, 0) is 6.07 Å². The molecule has 10 nitrogen and oxygen atoms in total. The second-order valence-corrected chi connectivity index (χ2v) is 6.93. The summed E-state index contributed by atoms with van der Waals surface area (Å²) >= 11 is 0. The molecule has 1 N–H and O–H groups in total. The first kappa shape index (κ1) is 22.6. The smallest absolute Gasteiger partial charge is 0.255 e. The Balaban J connectivity index is 1.78. The van der Waals surface area contributed by atoms with Crippen molar-refractivity contribution < 1.29 is 23.7 Å². The van der Waals surface area contributed by atoms with Crippen molar-refractivity contribution in [1.29, 1.82) is 0 Å². The van der Waals surface area contributed by atoms with Gasteiger partial charge >= 0.3 is 0 Å². The number of methoxy groups -OCH3 is 3. The maximum absolute atomic E-state index is 12.8. The highest BCUT2D eigenvalue weighted by Gasteiger charge is 2.20. The van der Waals surface area contributed by atoms with Gasteiger partial charge in [0.25, 0.3) is 5.56 Å². The molecule has 1 amide bonds. The molecule has 2 heterocycles. The van der Waals surface area contributed by atoms with Crippen LogP contribution in [-0.4, -0.2) is 63.1 Å². The summed E-state index contributed by atoms with van der Waals surface area (Å²) in [6, 6.07) is 6.84. The fourth-order valence-electron chi connectivity index (χ4n) is 3.40. The SMILES string of the molecule is COCc1cc(=O)n(CC(=O)NCc2cccc(OC)c2OC)c(N2CCOCC2)n1. The van der Waals surface area contributed by atoms with Gasteiger partial charge in [-0.1, -0.05) is 12.1 Å². The topological polar surface area (TPSA) is 104 Å². The number of hydrogen-bond acceptors (Lipinski definition) is 8. The average Bonchev–Trinajstić information content (AvgIpc) is 2.79. The molecule has 1 aromatic heterocycles. The zero-order chi connectivity index (χ0) is 22.2. The number of rotatable bonds is 9. The number of hydrogen-bond donors (Lipinski definition) is 1. The molecule has 2 aromatic rings. The molecule has 31 heavy (non-hydrogen) atoms. The number of benzene rings is 1. The number of nitrogens with one attached hydrogen (secondary N) is 1. The lowest BCUT2D eigenvalue weighted by molar-refractivity contribution is -0.121. The predicted octanol–water partition coefficient (Wildman–Crippen LogP) is 0.560. The van der Waals surface area contributed by atoms with E-state index in [1.165, 1.54) is 10.6 Å². The summed E-state index contributed by atoms with van der Waals surface area (Å²) in [5, 5.41) is 2.84. The number of carbonyl (C=O) groups is 1. The summed E-state index contributed by atoms with van der Waals surface area (Å²) < 4.78 is 22.6. The fourth-order valence-corrected chi connectivity index (χ4v) is 3.40. The van der Waals surface area contributed by atoms with Crippen LogP contribution in [-0.2, 0) is 34.0 Å². The molecule has 168 valence electrons.